The first-order chi connectivity index (χ1) is 9.72. The fraction of sp³-hybridized carbons (Fsp3) is 0.200. The van der Waals surface area contributed by atoms with Crippen LogP contribution in [0, 0.1) is 0 Å². The molecular formula is C15H14ClN3O. The number of hydrogen-bond donors (Lipinski definition) is 0. The second-order valence-corrected chi connectivity index (χ2v) is 4.98. The highest BCUT2D eigenvalue weighted by atomic mass is 35.5. The third kappa shape index (κ3) is 2.02. The van der Waals surface area contributed by atoms with Crippen molar-refractivity contribution in [2.75, 3.05) is 11.4 Å². The number of halogens is 1. The maximum absolute atomic E-state index is 12.6. The van der Waals surface area contributed by atoms with Gasteiger partial charge in [-0.05, 0) is 25.1 Å². The average Bonchev–Trinajstić information content (AvgIpc) is 2.48. The van der Waals surface area contributed by atoms with Gasteiger partial charge in [-0.15, -0.1) is 0 Å². The smallest absolute Gasteiger partial charge is 0.320 e. The van der Waals surface area contributed by atoms with Gasteiger partial charge in [-0.2, -0.15) is 0 Å². The fourth-order valence-corrected chi connectivity index (χ4v) is 2.58. The number of benzene rings is 1. The molecule has 0 aliphatic carbocycles. The lowest BCUT2D eigenvalue weighted by Gasteiger charge is -2.35. The molecule has 0 saturated heterocycles. The van der Waals surface area contributed by atoms with Gasteiger partial charge >= 0.3 is 6.03 Å². The van der Waals surface area contributed by atoms with Crippen molar-refractivity contribution in [3.8, 4) is 0 Å². The van der Waals surface area contributed by atoms with E-state index in [1.165, 1.54) is 0 Å². The summed E-state index contributed by atoms with van der Waals surface area (Å²) in [5.41, 5.74) is 1.69. The van der Waals surface area contributed by atoms with E-state index in [4.69, 9.17) is 11.6 Å². The Morgan fingerprint density at radius 1 is 1.25 bits per heavy atom. The van der Waals surface area contributed by atoms with Crippen LogP contribution in [0.5, 0.6) is 0 Å². The Morgan fingerprint density at radius 3 is 2.80 bits per heavy atom. The zero-order valence-corrected chi connectivity index (χ0v) is 11.8. The number of anilines is 2. The average molecular weight is 288 g/mol. The molecule has 1 aliphatic rings. The zero-order valence-electron chi connectivity index (χ0n) is 11.1. The molecule has 3 rings (SSSR count). The molecule has 102 valence electrons. The standard InChI is InChI=1S/C15H14ClN3O/c1-2-18-10-11-6-5-9-17-14(11)19(15(18)20)13-8-4-3-7-12(13)16/h3-9H,2,10H2,1H3. The molecule has 0 spiro atoms. The molecule has 0 atom stereocenters. The second kappa shape index (κ2) is 5.13. The lowest BCUT2D eigenvalue weighted by molar-refractivity contribution is 0.204. The summed E-state index contributed by atoms with van der Waals surface area (Å²) in [6.45, 7) is 3.19. The summed E-state index contributed by atoms with van der Waals surface area (Å²) >= 11 is 6.24. The number of hydrogen-bond acceptors (Lipinski definition) is 2. The van der Waals surface area contributed by atoms with Crippen LogP contribution in [0.3, 0.4) is 0 Å². The molecule has 0 saturated carbocycles. The van der Waals surface area contributed by atoms with E-state index in [-0.39, 0.29) is 6.03 Å². The highest BCUT2D eigenvalue weighted by Gasteiger charge is 2.32. The lowest BCUT2D eigenvalue weighted by Crippen LogP contribution is -2.45. The number of nitrogens with zero attached hydrogens (tertiary/aromatic N) is 3. The molecular weight excluding hydrogens is 274 g/mol. The van der Waals surface area contributed by atoms with Gasteiger partial charge in [-0.3, -0.25) is 0 Å². The van der Waals surface area contributed by atoms with Gasteiger partial charge < -0.3 is 4.90 Å². The molecule has 5 heteroatoms. The minimum Gasteiger partial charge on any atom is -0.320 e. The van der Waals surface area contributed by atoms with Gasteiger partial charge in [0.2, 0.25) is 0 Å². The molecule has 2 aromatic rings. The van der Waals surface area contributed by atoms with Gasteiger partial charge in [0.05, 0.1) is 17.3 Å². The van der Waals surface area contributed by atoms with Crippen LogP contribution in [0.25, 0.3) is 0 Å². The molecule has 1 aromatic carbocycles. The van der Waals surface area contributed by atoms with Gasteiger partial charge in [0.25, 0.3) is 0 Å². The van der Waals surface area contributed by atoms with Crippen LogP contribution in [-0.2, 0) is 6.54 Å². The molecule has 0 bridgehead atoms. The van der Waals surface area contributed by atoms with Crippen molar-refractivity contribution in [3.63, 3.8) is 0 Å². The van der Waals surface area contributed by atoms with Crippen molar-refractivity contribution in [1.29, 1.82) is 0 Å². The highest BCUT2D eigenvalue weighted by molar-refractivity contribution is 6.34. The van der Waals surface area contributed by atoms with Crippen LogP contribution in [-0.4, -0.2) is 22.5 Å². The summed E-state index contributed by atoms with van der Waals surface area (Å²) in [4.78, 5) is 20.3. The van der Waals surface area contributed by atoms with Gasteiger partial charge in [0, 0.05) is 18.3 Å². The lowest BCUT2D eigenvalue weighted by atomic mass is 10.1. The number of amides is 2. The van der Waals surface area contributed by atoms with Crippen LogP contribution >= 0.6 is 11.6 Å². The Hall–Kier alpha value is -2.07. The van der Waals surface area contributed by atoms with Crippen LogP contribution in [0.15, 0.2) is 42.6 Å². The van der Waals surface area contributed by atoms with E-state index in [1.54, 1.807) is 22.1 Å². The van der Waals surface area contributed by atoms with E-state index in [0.29, 0.717) is 29.6 Å². The molecule has 20 heavy (non-hydrogen) atoms. The SMILES string of the molecule is CCN1Cc2cccnc2N(c2ccccc2Cl)C1=O. The quantitative estimate of drug-likeness (QED) is 0.842. The maximum atomic E-state index is 12.6. The normalized spacial score (nSPS) is 14.4. The Bertz CT molecular complexity index is 659. The van der Waals surface area contributed by atoms with Crippen LogP contribution in [0.2, 0.25) is 5.02 Å². The van der Waals surface area contributed by atoms with E-state index in [1.807, 2.05) is 37.3 Å². The van der Waals surface area contributed by atoms with Gasteiger partial charge in [-0.1, -0.05) is 29.8 Å². The Morgan fingerprint density at radius 2 is 2.05 bits per heavy atom. The third-order valence-electron chi connectivity index (χ3n) is 3.38. The van der Waals surface area contributed by atoms with Crippen molar-refractivity contribution in [1.82, 2.24) is 9.88 Å². The van der Waals surface area contributed by atoms with E-state index in [0.717, 1.165) is 5.56 Å². The van der Waals surface area contributed by atoms with Crippen molar-refractivity contribution in [2.24, 2.45) is 0 Å². The minimum atomic E-state index is -0.0909. The number of urea groups is 1. The minimum absolute atomic E-state index is 0.0909. The Balaban J connectivity index is 2.17. The molecule has 2 amide bonds. The number of pyridine rings is 1. The third-order valence-corrected chi connectivity index (χ3v) is 3.70. The molecule has 4 nitrogen and oxygen atoms in total. The highest BCUT2D eigenvalue weighted by Crippen LogP contribution is 2.36. The zero-order chi connectivity index (χ0) is 14.1. The molecule has 0 unspecified atom stereocenters. The van der Waals surface area contributed by atoms with Crippen molar-refractivity contribution in [3.05, 3.63) is 53.2 Å². The topological polar surface area (TPSA) is 36.4 Å². The van der Waals surface area contributed by atoms with Crippen molar-refractivity contribution < 1.29 is 4.79 Å². The van der Waals surface area contributed by atoms with Crippen molar-refractivity contribution >= 4 is 29.1 Å². The Kier molecular flexibility index (Phi) is 3.32. The molecule has 0 N–H and O–H groups in total. The van der Waals surface area contributed by atoms with Crippen LogP contribution in [0.4, 0.5) is 16.3 Å². The molecule has 2 heterocycles. The van der Waals surface area contributed by atoms with E-state index in [2.05, 4.69) is 4.98 Å². The number of carbonyl (C=O) groups excluding carboxylic acids is 1. The Labute approximate surface area is 122 Å². The summed E-state index contributed by atoms with van der Waals surface area (Å²) in [7, 11) is 0. The predicted octanol–water partition coefficient (Wildman–Crippen LogP) is 3.83. The van der Waals surface area contributed by atoms with E-state index >= 15 is 0 Å². The van der Waals surface area contributed by atoms with Crippen molar-refractivity contribution in [2.45, 2.75) is 13.5 Å². The summed E-state index contributed by atoms with van der Waals surface area (Å²) in [6.07, 6.45) is 1.69. The van der Waals surface area contributed by atoms with Gasteiger partial charge in [0.1, 0.15) is 5.82 Å². The summed E-state index contributed by atoms with van der Waals surface area (Å²) in [5, 5.41) is 0.537. The van der Waals surface area contributed by atoms with E-state index in [9.17, 15) is 4.79 Å². The second-order valence-electron chi connectivity index (χ2n) is 4.57. The molecule has 0 radical (unpaired) electrons. The van der Waals surface area contributed by atoms with Crippen LogP contribution in [0.1, 0.15) is 12.5 Å². The van der Waals surface area contributed by atoms with Crippen LogP contribution < -0.4 is 4.90 Å². The number of rotatable bonds is 2. The monoisotopic (exact) mass is 287 g/mol. The van der Waals surface area contributed by atoms with E-state index < -0.39 is 0 Å². The molecule has 1 aromatic heterocycles. The number of aromatic nitrogens is 1. The largest absolute Gasteiger partial charge is 0.330 e. The molecule has 1 aliphatic heterocycles. The molecule has 0 fully saturated rings. The summed E-state index contributed by atoms with van der Waals surface area (Å²) in [5.74, 6) is 0.662. The van der Waals surface area contributed by atoms with Gasteiger partial charge in [0.15, 0.2) is 0 Å². The fourth-order valence-electron chi connectivity index (χ4n) is 2.36. The first-order valence-corrected chi connectivity index (χ1v) is 6.87. The first kappa shape index (κ1) is 12.9. The maximum Gasteiger partial charge on any atom is 0.330 e. The number of para-hydroxylation sites is 1. The predicted molar refractivity (Wildman–Crippen MR) is 79.3 cm³/mol. The first-order valence-electron chi connectivity index (χ1n) is 6.50. The number of carbonyl (C=O) groups is 1. The summed E-state index contributed by atoms with van der Waals surface area (Å²) < 4.78 is 0. The summed E-state index contributed by atoms with van der Waals surface area (Å²) in [6, 6.07) is 11.1. The van der Waals surface area contributed by atoms with Gasteiger partial charge in [-0.25, -0.2) is 14.7 Å². The number of fused-ring (bicyclic) bond motifs is 1.